The summed E-state index contributed by atoms with van der Waals surface area (Å²) in [6.07, 6.45) is -3.61. The van der Waals surface area contributed by atoms with Gasteiger partial charge in [0.1, 0.15) is 5.69 Å². The van der Waals surface area contributed by atoms with Crippen molar-refractivity contribution in [2.24, 2.45) is 5.14 Å². The molecule has 0 radical (unpaired) electrons. The zero-order valence-corrected chi connectivity index (χ0v) is 9.99. The van der Waals surface area contributed by atoms with Gasteiger partial charge < -0.3 is 4.42 Å². The van der Waals surface area contributed by atoms with Crippen LogP contribution >= 0.6 is 0 Å². The fourth-order valence-corrected chi connectivity index (χ4v) is 2.12. The Bertz CT molecular complexity index is 707. The Morgan fingerprint density at radius 2 is 1.89 bits per heavy atom. The number of furan rings is 1. The van der Waals surface area contributed by atoms with E-state index in [-0.39, 0.29) is 11.3 Å². The van der Waals surface area contributed by atoms with Gasteiger partial charge in [0.2, 0.25) is 5.09 Å². The van der Waals surface area contributed by atoms with E-state index in [2.05, 4.69) is 9.40 Å². The molecule has 19 heavy (non-hydrogen) atoms. The Kier molecular flexibility index (Phi) is 3.11. The molecular weight excluding hydrogens is 285 g/mol. The second kappa shape index (κ2) is 4.35. The molecule has 0 atom stereocenters. The van der Waals surface area contributed by atoms with Gasteiger partial charge in [0, 0.05) is 0 Å². The number of hydrogen-bond donors (Lipinski definition) is 1. The van der Waals surface area contributed by atoms with Crippen molar-refractivity contribution in [3.63, 3.8) is 0 Å². The second-order valence-corrected chi connectivity index (χ2v) is 5.03. The molecule has 0 spiro atoms. The van der Waals surface area contributed by atoms with Crippen LogP contribution < -0.4 is 5.14 Å². The monoisotopic (exact) mass is 292 g/mol. The molecule has 0 saturated carbocycles. The molecule has 5 nitrogen and oxygen atoms in total. The van der Waals surface area contributed by atoms with E-state index in [0.717, 1.165) is 18.4 Å². The normalized spacial score (nSPS) is 12.6. The first-order chi connectivity index (χ1) is 8.69. The lowest BCUT2D eigenvalue weighted by atomic mass is 10.2. The summed E-state index contributed by atoms with van der Waals surface area (Å²) in [7, 11) is -4.17. The molecule has 2 rings (SSSR count). The van der Waals surface area contributed by atoms with E-state index < -0.39 is 27.0 Å². The summed E-state index contributed by atoms with van der Waals surface area (Å²) in [6, 6.07) is 4.31. The highest BCUT2D eigenvalue weighted by atomic mass is 32.2. The fraction of sp³-hybridized carbons (Fsp3) is 0.100. The molecule has 2 heterocycles. The minimum absolute atomic E-state index is 0.117. The van der Waals surface area contributed by atoms with E-state index in [0.29, 0.717) is 0 Å². The molecule has 2 aromatic rings. The van der Waals surface area contributed by atoms with Gasteiger partial charge in [-0.15, -0.1) is 0 Å². The van der Waals surface area contributed by atoms with Crippen molar-refractivity contribution in [3.05, 3.63) is 36.2 Å². The summed E-state index contributed by atoms with van der Waals surface area (Å²) in [5, 5.41) is 4.27. The highest BCUT2D eigenvalue weighted by molar-refractivity contribution is 7.89. The van der Waals surface area contributed by atoms with E-state index in [4.69, 9.17) is 5.14 Å². The smallest absolute Gasteiger partial charge is 0.433 e. The lowest BCUT2D eigenvalue weighted by Crippen LogP contribution is -2.13. The number of sulfonamides is 1. The van der Waals surface area contributed by atoms with Crippen molar-refractivity contribution in [3.8, 4) is 11.3 Å². The van der Waals surface area contributed by atoms with Crippen molar-refractivity contribution in [2.75, 3.05) is 0 Å². The van der Waals surface area contributed by atoms with Crippen LogP contribution in [0.5, 0.6) is 0 Å². The molecule has 102 valence electrons. The maximum Gasteiger partial charge on any atom is 0.433 e. The molecule has 2 N–H and O–H groups in total. The molecule has 0 saturated heterocycles. The Labute approximate surface area is 105 Å². The van der Waals surface area contributed by atoms with Crippen LogP contribution in [0.25, 0.3) is 11.3 Å². The lowest BCUT2D eigenvalue weighted by molar-refractivity contribution is -0.141. The van der Waals surface area contributed by atoms with Gasteiger partial charge in [-0.3, -0.25) is 0 Å². The van der Waals surface area contributed by atoms with Crippen molar-refractivity contribution < 1.29 is 26.0 Å². The van der Waals surface area contributed by atoms with Gasteiger partial charge in [-0.2, -0.15) is 13.2 Å². The zero-order chi connectivity index (χ0) is 14.3. The van der Waals surface area contributed by atoms with Crippen LogP contribution in [-0.2, 0) is 16.2 Å². The summed E-state index contributed by atoms with van der Waals surface area (Å²) >= 11 is 0. The molecule has 0 aliphatic heterocycles. The van der Waals surface area contributed by atoms with Crippen molar-refractivity contribution in [1.82, 2.24) is 4.98 Å². The van der Waals surface area contributed by atoms with Crippen LogP contribution in [0.1, 0.15) is 5.69 Å². The van der Waals surface area contributed by atoms with Crippen LogP contribution in [0.2, 0.25) is 0 Å². The molecule has 2 aromatic heterocycles. The van der Waals surface area contributed by atoms with Crippen molar-refractivity contribution in [2.45, 2.75) is 11.3 Å². The molecule has 0 amide bonds. The quantitative estimate of drug-likeness (QED) is 0.917. The number of hydrogen-bond acceptors (Lipinski definition) is 4. The highest BCUT2D eigenvalue weighted by Gasteiger charge is 2.33. The number of nitrogens with zero attached hydrogens (tertiary/aromatic N) is 1. The van der Waals surface area contributed by atoms with E-state index in [9.17, 15) is 21.6 Å². The van der Waals surface area contributed by atoms with Crippen LogP contribution in [0.15, 0.2) is 40.0 Å². The number of nitrogens with two attached hydrogens (primary N) is 1. The Balaban J connectivity index is 2.59. The van der Waals surface area contributed by atoms with E-state index in [1.54, 1.807) is 0 Å². The number of alkyl halides is 3. The Morgan fingerprint density at radius 3 is 2.47 bits per heavy atom. The van der Waals surface area contributed by atoms with Gasteiger partial charge in [0.05, 0.1) is 17.5 Å². The van der Waals surface area contributed by atoms with Crippen LogP contribution in [-0.4, -0.2) is 13.4 Å². The average molecular weight is 292 g/mol. The van der Waals surface area contributed by atoms with Crippen LogP contribution in [0.4, 0.5) is 13.2 Å². The minimum atomic E-state index is -4.62. The van der Waals surface area contributed by atoms with Crippen LogP contribution in [0, 0.1) is 0 Å². The second-order valence-electron chi connectivity index (χ2n) is 3.57. The van der Waals surface area contributed by atoms with E-state index in [1.807, 2.05) is 0 Å². The predicted octanol–water partition coefficient (Wildman–Crippen LogP) is 2.01. The molecule has 0 aliphatic carbocycles. The first-order valence-corrected chi connectivity index (χ1v) is 6.39. The third-order valence-corrected chi connectivity index (χ3v) is 3.04. The SMILES string of the molecule is NS(=O)(=O)c1occc1-c1cccc(C(F)(F)F)n1. The molecule has 0 bridgehead atoms. The molecule has 0 unspecified atom stereocenters. The van der Waals surface area contributed by atoms with E-state index in [1.165, 1.54) is 12.1 Å². The van der Waals surface area contributed by atoms with E-state index >= 15 is 0 Å². The molecule has 9 heteroatoms. The standard InChI is InChI=1S/C10H7F3N2O3S/c11-10(12,13)8-3-1-2-7(15-8)6-4-5-18-9(6)19(14,16)17/h1-5H,(H2,14,16,17). The number of rotatable bonds is 2. The third kappa shape index (κ3) is 2.76. The third-order valence-electron chi connectivity index (χ3n) is 2.20. The van der Waals surface area contributed by atoms with Crippen LogP contribution in [0.3, 0.4) is 0 Å². The van der Waals surface area contributed by atoms with Gasteiger partial charge in [-0.25, -0.2) is 18.5 Å². The Morgan fingerprint density at radius 1 is 1.21 bits per heavy atom. The summed E-state index contributed by atoms with van der Waals surface area (Å²) < 4.78 is 64.6. The van der Waals surface area contributed by atoms with Gasteiger partial charge in [0.15, 0.2) is 0 Å². The fourth-order valence-electron chi connectivity index (χ4n) is 1.45. The largest absolute Gasteiger partial charge is 0.451 e. The average Bonchev–Trinajstić information content (AvgIpc) is 2.76. The maximum absolute atomic E-state index is 12.5. The maximum atomic E-state index is 12.5. The predicted molar refractivity (Wildman–Crippen MR) is 58.3 cm³/mol. The van der Waals surface area contributed by atoms with Crippen molar-refractivity contribution in [1.29, 1.82) is 0 Å². The summed E-state index contributed by atoms with van der Waals surface area (Å²) in [5.41, 5.74) is -1.44. The van der Waals surface area contributed by atoms with Gasteiger partial charge in [-0.05, 0) is 18.2 Å². The number of halogens is 3. The first kappa shape index (κ1) is 13.6. The molecule has 0 aliphatic rings. The first-order valence-electron chi connectivity index (χ1n) is 4.84. The topological polar surface area (TPSA) is 86.2 Å². The van der Waals surface area contributed by atoms with Gasteiger partial charge in [-0.1, -0.05) is 6.07 Å². The molecular formula is C10H7F3N2O3S. The summed E-state index contributed by atoms with van der Waals surface area (Å²) in [6.45, 7) is 0. The van der Waals surface area contributed by atoms with Crippen molar-refractivity contribution >= 4 is 10.0 Å². The van der Waals surface area contributed by atoms with Gasteiger partial charge in [0.25, 0.3) is 10.0 Å². The minimum Gasteiger partial charge on any atom is -0.451 e. The van der Waals surface area contributed by atoms with Gasteiger partial charge >= 0.3 is 6.18 Å². The number of primary sulfonamides is 1. The lowest BCUT2D eigenvalue weighted by Gasteiger charge is -2.07. The summed E-state index contributed by atoms with van der Waals surface area (Å²) in [5.74, 6) is 0. The highest BCUT2D eigenvalue weighted by Crippen LogP contribution is 2.31. The summed E-state index contributed by atoms with van der Waals surface area (Å²) in [4.78, 5) is 3.36. The Hall–Kier alpha value is -1.87. The molecule has 0 aromatic carbocycles. The number of aromatic nitrogens is 1. The zero-order valence-electron chi connectivity index (χ0n) is 9.18. The number of pyridine rings is 1. The molecule has 0 fully saturated rings.